The molecule has 0 radical (unpaired) electrons. The number of halogens is 3. The summed E-state index contributed by atoms with van der Waals surface area (Å²) < 4.78 is 34.3. The zero-order valence-electron chi connectivity index (χ0n) is 49.5. The van der Waals surface area contributed by atoms with Crippen molar-refractivity contribution in [1.29, 1.82) is 0 Å². The maximum atomic E-state index is 11.6. The van der Waals surface area contributed by atoms with Crippen LogP contribution in [0.15, 0.2) is 108 Å². The van der Waals surface area contributed by atoms with E-state index >= 15 is 0 Å². The number of carboxylic acids is 1. The number of aromatic amines is 4. The molecule has 15 nitrogen and oxygen atoms in total. The van der Waals surface area contributed by atoms with E-state index in [0.29, 0.717) is 54.2 Å². The number of carboxylic acid groups (broad SMARTS) is 1. The Morgan fingerprint density at radius 1 is 0.558 bits per heavy atom. The molecule has 0 unspecified atom stereocenters. The summed E-state index contributed by atoms with van der Waals surface area (Å²) in [6.07, 6.45) is 31.5. The first kappa shape index (κ1) is 75.4. The van der Waals surface area contributed by atoms with Crippen molar-refractivity contribution < 1.29 is 85.9 Å². The van der Waals surface area contributed by atoms with Gasteiger partial charge in [0, 0.05) is 106 Å². The van der Waals surface area contributed by atoms with Crippen LogP contribution in [0.2, 0.25) is 0 Å². The number of aromatic carboxylic acids is 1. The van der Waals surface area contributed by atoms with Crippen LogP contribution in [-0.4, -0.2) is 108 Å². The molecule has 4 aromatic carbocycles. The third kappa shape index (κ3) is 20.7. The Kier molecular flexibility index (Phi) is 34.9. The number of carbonyl (C=O) groups excluding carboxylic acids is 4. The van der Waals surface area contributed by atoms with Gasteiger partial charge in [-0.1, -0.05) is 82.7 Å². The SMILES string of the molecule is C.CF.CF.CO.COC(=O)c1ccc2c(C3=CCCCC3)c[nH]c2c1.COC(=O)c1ccc2c(C3CCCCC3)c(Br)[nH]c2c1.COC(=O)c1ccc2c(C3CCCCC3)c[nH]c2c1.O.O=C(O)c1ccc2cc[nH]c2c1.O=C1CCCCC1.[3HH].[3HH].[Pd]. The maximum absolute atomic E-state index is 11.6. The average Bonchev–Trinajstić information content (AvgIpc) is 3.27. The number of aliphatic hydroxyl groups is 1. The molecule has 4 aromatic heterocycles. The molecule has 0 bridgehead atoms. The van der Waals surface area contributed by atoms with Crippen LogP contribution in [0.25, 0.3) is 49.2 Å². The first-order valence-electron chi connectivity index (χ1n) is 28.5. The Bertz CT molecular complexity index is 3400. The van der Waals surface area contributed by atoms with E-state index in [2.05, 4.69) is 48.1 Å². The van der Waals surface area contributed by atoms with E-state index in [-0.39, 0.29) is 54.1 Å². The second-order valence-corrected chi connectivity index (χ2v) is 21.2. The predicted octanol–water partition coefficient (Wildman–Crippen LogP) is 17.1. The van der Waals surface area contributed by atoms with Gasteiger partial charge in [-0.15, -0.1) is 0 Å². The number of aromatic nitrogens is 4. The molecule has 0 amide bonds. The molecule has 0 spiro atoms. The number of carbonyl (C=O) groups is 5. The number of allylic oxidation sites excluding steroid dienone is 2. The molecule has 0 atom stereocenters. The van der Waals surface area contributed by atoms with Gasteiger partial charge in [0.05, 0.1) is 62.5 Å². The largest absolute Gasteiger partial charge is 0.478 e. The van der Waals surface area contributed by atoms with Crippen LogP contribution >= 0.6 is 15.9 Å². The molecule has 4 aliphatic carbocycles. The number of hydrogen-bond donors (Lipinski definition) is 6. The maximum Gasteiger partial charge on any atom is 0.337 e. The van der Waals surface area contributed by atoms with E-state index in [1.54, 1.807) is 24.4 Å². The van der Waals surface area contributed by atoms with Crippen LogP contribution in [-0.2, 0) is 39.4 Å². The molecular weight excluding hydrogens is 1260 g/mol. The van der Waals surface area contributed by atoms with Gasteiger partial charge in [0.1, 0.15) is 5.78 Å². The van der Waals surface area contributed by atoms with Gasteiger partial charge >= 0.3 is 23.9 Å². The van der Waals surface area contributed by atoms with Gasteiger partial charge in [0.25, 0.3) is 0 Å². The van der Waals surface area contributed by atoms with Gasteiger partial charge < -0.3 is 49.8 Å². The molecule has 86 heavy (non-hydrogen) atoms. The number of benzene rings is 4. The summed E-state index contributed by atoms with van der Waals surface area (Å²) in [4.78, 5) is 68.5. The molecule has 3 saturated carbocycles. The molecular formula is C67H91BrF2N4O11Pd. The first-order chi connectivity index (χ1) is 40.5. The van der Waals surface area contributed by atoms with E-state index in [9.17, 15) is 32.8 Å². The number of methoxy groups -OCH3 is 3. The van der Waals surface area contributed by atoms with Crippen molar-refractivity contribution in [1.82, 2.24) is 19.9 Å². The number of Topliss-reactive ketones (excluding diaryl/α,β-unsaturated/α-hetero) is 1. The number of ketones is 1. The summed E-state index contributed by atoms with van der Waals surface area (Å²) in [5.74, 6) is -0.0115. The molecule has 12 rings (SSSR count). The number of esters is 3. The molecule has 4 heterocycles. The third-order valence-electron chi connectivity index (χ3n) is 15.4. The molecule has 8 aromatic rings. The standard InChI is InChI=1S/C16H18BrNO2.C16H19NO2.C16H17NO2.C9H7NO2.C6H10O.2CH3F.CH4O.CH4.H2O.Pd.2H2/c1-20-16(19)11-7-8-12-13(9-11)18-15(17)14(12)10-5-3-2-4-6-10;2*1-19-16(18)12-7-8-13-14(10-17-15(13)9-12)11-5-3-2-4-6-11;11-9(12)7-2-1-6-3-4-10-8(6)5-7;7-6-4-2-1-3-5-6;3*1-2;;;;;/h7-10,18H,2-6H2,1H3;7-11,17H,2-6H2,1H3;5,7-10,17H,2-4,6H2,1H3;1-5,10H,(H,11,12);1-5H2;2*1H3;2H,1H3;1H4;1H2;;2*1H/i;;;;;;;;;;;2*1+2. The van der Waals surface area contributed by atoms with Crippen molar-refractivity contribution in [2.45, 2.75) is 141 Å². The quantitative estimate of drug-likeness (QED) is 0.0500. The molecule has 0 saturated heterocycles. The summed E-state index contributed by atoms with van der Waals surface area (Å²) >= 11 is 3.65. The summed E-state index contributed by atoms with van der Waals surface area (Å²) in [5, 5.41) is 20.3. The van der Waals surface area contributed by atoms with Crippen LogP contribution in [0.4, 0.5) is 8.78 Å². The number of aliphatic hydroxyl groups excluding tert-OH is 1. The fraction of sp³-hybridized carbons (Fsp3) is 0.418. The van der Waals surface area contributed by atoms with Gasteiger partial charge in [-0.25, -0.2) is 19.2 Å². The second-order valence-electron chi connectivity index (χ2n) is 20.4. The van der Waals surface area contributed by atoms with Crippen LogP contribution in [0.3, 0.4) is 0 Å². The summed E-state index contributed by atoms with van der Waals surface area (Å²) in [5.41, 5.74) is 11.4. The van der Waals surface area contributed by atoms with Crippen molar-refractivity contribution in [3.8, 4) is 0 Å². The van der Waals surface area contributed by atoms with Crippen LogP contribution in [0.5, 0.6) is 0 Å². The Labute approximate surface area is 528 Å². The second kappa shape index (κ2) is 39.9. The Hall–Kier alpha value is -6.75. The van der Waals surface area contributed by atoms with E-state index in [0.717, 1.165) is 71.3 Å². The van der Waals surface area contributed by atoms with Crippen molar-refractivity contribution >= 4 is 94.8 Å². The van der Waals surface area contributed by atoms with Crippen molar-refractivity contribution in [3.63, 3.8) is 0 Å². The number of alkyl halides is 2. The first-order valence-corrected chi connectivity index (χ1v) is 29.3. The molecule has 3 fully saturated rings. The topological polar surface area (TPSA) is 248 Å². The number of fused-ring (bicyclic) bond motifs is 4. The number of H-pyrrole nitrogens is 4. The molecule has 19 heteroatoms. The van der Waals surface area contributed by atoms with Crippen molar-refractivity contribution in [2.24, 2.45) is 0 Å². The number of ether oxygens (including phenoxy) is 3. The summed E-state index contributed by atoms with van der Waals surface area (Å²) in [6.45, 7) is 0. The third-order valence-corrected chi connectivity index (χ3v) is 16.0. The number of hydrogen-bond acceptors (Lipinski definition) is 9. The zero-order chi connectivity index (χ0) is 60.3. The molecule has 0 aliphatic heterocycles. The van der Waals surface area contributed by atoms with Crippen LogP contribution < -0.4 is 0 Å². The minimum absolute atomic E-state index is 0. The average molecular weight is 1360 g/mol. The fourth-order valence-corrected chi connectivity index (χ4v) is 12.0. The minimum Gasteiger partial charge on any atom is -0.478 e. The van der Waals surface area contributed by atoms with Crippen molar-refractivity contribution in [3.05, 3.63) is 147 Å². The molecule has 4 aliphatic rings. The summed E-state index contributed by atoms with van der Waals surface area (Å²) in [7, 11) is 6.22. The minimum atomic E-state index is -0.897. The number of nitrogens with one attached hydrogen (secondary N) is 4. The van der Waals surface area contributed by atoms with E-state index < -0.39 is 5.97 Å². The predicted molar refractivity (Wildman–Crippen MR) is 345 cm³/mol. The Morgan fingerprint density at radius 3 is 1.53 bits per heavy atom. The summed E-state index contributed by atoms with van der Waals surface area (Å²) in [6, 6.07) is 24.1. The molecule has 476 valence electrons. The molecule has 8 N–H and O–H groups in total. The normalized spacial score (nSPS) is 14.4. The Morgan fingerprint density at radius 2 is 1.02 bits per heavy atom. The monoisotopic (exact) mass is 1350 g/mol. The van der Waals surface area contributed by atoms with Gasteiger partial charge in [-0.05, 0) is 169 Å². The smallest absolute Gasteiger partial charge is 0.337 e. The van der Waals surface area contributed by atoms with Gasteiger partial charge in [-0.3, -0.25) is 13.6 Å². The Balaban J connectivity index is 0.00000107. The van der Waals surface area contributed by atoms with E-state index in [4.69, 9.17) is 24.4 Å². The van der Waals surface area contributed by atoms with Crippen molar-refractivity contribution in [2.75, 3.05) is 42.8 Å². The van der Waals surface area contributed by atoms with E-state index in [1.165, 1.54) is 150 Å². The van der Waals surface area contributed by atoms with Gasteiger partial charge in [0.2, 0.25) is 0 Å². The zero-order valence-corrected chi connectivity index (χ0v) is 52.7. The fourth-order valence-electron chi connectivity index (χ4n) is 11.2. The van der Waals surface area contributed by atoms with Gasteiger partial charge in [0.15, 0.2) is 0 Å². The number of rotatable bonds is 7. The van der Waals surface area contributed by atoms with Gasteiger partial charge in [-0.2, -0.15) is 0 Å². The van der Waals surface area contributed by atoms with Crippen LogP contribution in [0.1, 0.15) is 202 Å². The van der Waals surface area contributed by atoms with Crippen LogP contribution in [0, 0.1) is 0 Å². The van der Waals surface area contributed by atoms with E-state index in [1.807, 2.05) is 66.9 Å².